The first kappa shape index (κ1) is 12.9. The number of amides is 2. The van der Waals surface area contributed by atoms with Crippen molar-refractivity contribution in [1.82, 2.24) is 10.6 Å². The van der Waals surface area contributed by atoms with Crippen LogP contribution in [0.2, 0.25) is 0 Å². The maximum absolute atomic E-state index is 11.3. The van der Waals surface area contributed by atoms with E-state index in [9.17, 15) is 14.9 Å². The molecule has 3 N–H and O–H groups in total. The van der Waals surface area contributed by atoms with E-state index in [0.29, 0.717) is 18.8 Å². The molecule has 92 valence electrons. The average molecular weight is 238 g/mol. The van der Waals surface area contributed by atoms with Gasteiger partial charge in [0.1, 0.15) is 0 Å². The zero-order chi connectivity index (χ0) is 12.7. The number of nitrogens with one attached hydrogen (secondary N) is 3. The number of carbonyl (C=O) groups excluding carboxylic acids is 1. The zero-order valence-corrected chi connectivity index (χ0v) is 9.40. The maximum Gasteiger partial charge on any atom is 0.319 e. The standard InChI is InChI=1S/C10H14N4O3/c1-11-6-7-12-10(15)13-8-2-4-9(5-3-8)14(16)17/h2-5,11H,6-7H2,1H3,(H2,12,13,15). The minimum atomic E-state index is -0.489. The van der Waals surface area contributed by atoms with Crippen LogP contribution in [0.3, 0.4) is 0 Å². The Balaban J connectivity index is 2.46. The normalized spacial score (nSPS) is 9.71. The van der Waals surface area contributed by atoms with Gasteiger partial charge in [-0.15, -0.1) is 0 Å². The van der Waals surface area contributed by atoms with Crippen molar-refractivity contribution in [2.45, 2.75) is 0 Å². The van der Waals surface area contributed by atoms with Gasteiger partial charge >= 0.3 is 6.03 Å². The van der Waals surface area contributed by atoms with Gasteiger partial charge in [-0.05, 0) is 19.2 Å². The highest BCUT2D eigenvalue weighted by Gasteiger charge is 2.05. The van der Waals surface area contributed by atoms with E-state index in [2.05, 4.69) is 16.0 Å². The van der Waals surface area contributed by atoms with Crippen molar-refractivity contribution >= 4 is 17.4 Å². The fraction of sp³-hybridized carbons (Fsp3) is 0.300. The van der Waals surface area contributed by atoms with Crippen molar-refractivity contribution in [1.29, 1.82) is 0 Å². The molecule has 7 heteroatoms. The van der Waals surface area contributed by atoms with Crippen molar-refractivity contribution in [2.24, 2.45) is 0 Å². The summed E-state index contributed by atoms with van der Waals surface area (Å²) in [5.74, 6) is 0. The third kappa shape index (κ3) is 4.47. The van der Waals surface area contributed by atoms with Crippen molar-refractivity contribution in [3.63, 3.8) is 0 Å². The number of rotatable bonds is 5. The molecule has 0 radical (unpaired) electrons. The molecule has 0 bridgehead atoms. The number of non-ortho nitro benzene ring substituents is 1. The molecule has 1 rings (SSSR count). The highest BCUT2D eigenvalue weighted by Crippen LogP contribution is 2.14. The molecule has 0 saturated carbocycles. The average Bonchev–Trinajstić information content (AvgIpc) is 2.30. The number of carbonyl (C=O) groups is 1. The molecule has 0 fully saturated rings. The smallest absolute Gasteiger partial charge is 0.319 e. The number of benzene rings is 1. The number of nitro groups is 1. The van der Waals surface area contributed by atoms with Gasteiger partial charge < -0.3 is 16.0 Å². The fourth-order valence-corrected chi connectivity index (χ4v) is 1.14. The SMILES string of the molecule is CNCCNC(=O)Nc1ccc([N+](=O)[O-])cc1. The van der Waals surface area contributed by atoms with Gasteiger partial charge in [0.05, 0.1) is 4.92 Å². The number of hydrogen-bond donors (Lipinski definition) is 3. The Bertz CT molecular complexity index is 391. The Morgan fingerprint density at radius 3 is 2.47 bits per heavy atom. The topological polar surface area (TPSA) is 96.3 Å². The number of anilines is 1. The van der Waals surface area contributed by atoms with Crippen molar-refractivity contribution < 1.29 is 9.72 Å². The van der Waals surface area contributed by atoms with E-state index in [-0.39, 0.29) is 11.7 Å². The summed E-state index contributed by atoms with van der Waals surface area (Å²) in [6.45, 7) is 1.18. The molecule has 0 spiro atoms. The van der Waals surface area contributed by atoms with Crippen molar-refractivity contribution in [2.75, 3.05) is 25.5 Å². The molecule has 0 aliphatic heterocycles. The van der Waals surface area contributed by atoms with Gasteiger partial charge in [0.2, 0.25) is 0 Å². The van der Waals surface area contributed by atoms with E-state index in [1.165, 1.54) is 24.3 Å². The van der Waals surface area contributed by atoms with E-state index in [1.54, 1.807) is 7.05 Å². The number of hydrogen-bond acceptors (Lipinski definition) is 4. The minimum Gasteiger partial charge on any atom is -0.337 e. The molecule has 0 atom stereocenters. The lowest BCUT2D eigenvalue weighted by Gasteiger charge is -2.06. The number of nitro benzene ring substituents is 1. The molecule has 2 amide bonds. The van der Waals surface area contributed by atoms with Crippen LogP contribution in [0.15, 0.2) is 24.3 Å². The Hall–Kier alpha value is -2.15. The van der Waals surface area contributed by atoms with Crippen LogP contribution in [0.4, 0.5) is 16.2 Å². The minimum absolute atomic E-state index is 0.00820. The van der Waals surface area contributed by atoms with E-state index < -0.39 is 4.92 Å². The van der Waals surface area contributed by atoms with E-state index in [1.807, 2.05) is 0 Å². The summed E-state index contributed by atoms with van der Waals surface area (Å²) in [4.78, 5) is 21.2. The first-order valence-corrected chi connectivity index (χ1v) is 5.07. The van der Waals surface area contributed by atoms with Gasteiger partial charge in [0, 0.05) is 30.9 Å². The second-order valence-electron chi connectivity index (χ2n) is 3.29. The van der Waals surface area contributed by atoms with Crippen molar-refractivity contribution in [3.8, 4) is 0 Å². The third-order valence-electron chi connectivity index (χ3n) is 2.00. The molecule has 17 heavy (non-hydrogen) atoms. The van der Waals surface area contributed by atoms with Crippen LogP contribution in [-0.4, -0.2) is 31.1 Å². The summed E-state index contributed by atoms with van der Waals surface area (Å²) in [6, 6.07) is 5.30. The molecule has 1 aromatic rings. The lowest BCUT2D eigenvalue weighted by Crippen LogP contribution is -2.33. The molecular formula is C10H14N4O3. The second kappa shape index (κ2) is 6.44. The third-order valence-corrected chi connectivity index (χ3v) is 2.00. The van der Waals surface area contributed by atoms with E-state index in [0.717, 1.165) is 0 Å². The molecule has 0 saturated heterocycles. The number of urea groups is 1. The van der Waals surface area contributed by atoms with Crippen LogP contribution in [-0.2, 0) is 0 Å². The van der Waals surface area contributed by atoms with Crippen LogP contribution in [0.5, 0.6) is 0 Å². The molecule has 0 aliphatic carbocycles. The largest absolute Gasteiger partial charge is 0.337 e. The fourth-order valence-electron chi connectivity index (χ4n) is 1.14. The van der Waals surface area contributed by atoms with Gasteiger partial charge in [0.15, 0.2) is 0 Å². The van der Waals surface area contributed by atoms with Gasteiger partial charge in [-0.2, -0.15) is 0 Å². The van der Waals surface area contributed by atoms with Crippen LogP contribution in [0, 0.1) is 10.1 Å². The lowest BCUT2D eigenvalue weighted by atomic mass is 10.3. The van der Waals surface area contributed by atoms with E-state index in [4.69, 9.17) is 0 Å². The molecule has 0 unspecified atom stereocenters. The molecule has 7 nitrogen and oxygen atoms in total. The molecular weight excluding hydrogens is 224 g/mol. The predicted molar refractivity (Wildman–Crippen MR) is 64.0 cm³/mol. The van der Waals surface area contributed by atoms with Crippen molar-refractivity contribution in [3.05, 3.63) is 34.4 Å². The quantitative estimate of drug-likeness (QED) is 0.404. The molecule has 0 aromatic heterocycles. The zero-order valence-electron chi connectivity index (χ0n) is 9.40. The van der Waals surface area contributed by atoms with Crippen LogP contribution >= 0.6 is 0 Å². The first-order chi connectivity index (χ1) is 8.13. The Morgan fingerprint density at radius 2 is 1.94 bits per heavy atom. The van der Waals surface area contributed by atoms with Gasteiger partial charge in [-0.1, -0.05) is 0 Å². The summed E-state index contributed by atoms with van der Waals surface area (Å²) in [5.41, 5.74) is 0.503. The summed E-state index contributed by atoms with van der Waals surface area (Å²) < 4.78 is 0. The van der Waals surface area contributed by atoms with Gasteiger partial charge in [-0.25, -0.2) is 4.79 Å². The van der Waals surface area contributed by atoms with Gasteiger partial charge in [-0.3, -0.25) is 10.1 Å². The molecule has 1 aromatic carbocycles. The summed E-state index contributed by atoms with van der Waals surface area (Å²) in [7, 11) is 1.79. The Kier molecular flexibility index (Phi) is 4.89. The summed E-state index contributed by atoms with van der Waals surface area (Å²) >= 11 is 0. The van der Waals surface area contributed by atoms with Gasteiger partial charge in [0.25, 0.3) is 5.69 Å². The summed E-state index contributed by atoms with van der Waals surface area (Å²) in [6.07, 6.45) is 0. The van der Waals surface area contributed by atoms with Crippen LogP contribution in [0.1, 0.15) is 0 Å². The molecule has 0 aliphatic rings. The monoisotopic (exact) mass is 238 g/mol. The predicted octanol–water partition coefficient (Wildman–Crippen LogP) is 0.936. The Labute approximate surface area is 98.4 Å². The number of nitrogens with zero attached hydrogens (tertiary/aromatic N) is 1. The summed E-state index contributed by atoms with van der Waals surface area (Å²) in [5, 5.41) is 18.5. The van der Waals surface area contributed by atoms with E-state index >= 15 is 0 Å². The first-order valence-electron chi connectivity index (χ1n) is 5.07. The highest BCUT2D eigenvalue weighted by atomic mass is 16.6. The maximum atomic E-state index is 11.3. The highest BCUT2D eigenvalue weighted by molar-refractivity contribution is 5.89. The lowest BCUT2D eigenvalue weighted by molar-refractivity contribution is -0.384. The second-order valence-corrected chi connectivity index (χ2v) is 3.29. The van der Waals surface area contributed by atoms with Crippen LogP contribution in [0.25, 0.3) is 0 Å². The molecule has 0 heterocycles. The Morgan fingerprint density at radius 1 is 1.29 bits per heavy atom. The van der Waals surface area contributed by atoms with Crippen LogP contribution < -0.4 is 16.0 Å². The number of likely N-dealkylation sites (N-methyl/N-ethyl adjacent to an activating group) is 1.